The highest BCUT2D eigenvalue weighted by atomic mass is 35.5. The lowest BCUT2D eigenvalue weighted by Gasteiger charge is -2.28. The lowest BCUT2D eigenvalue weighted by Crippen LogP contribution is -2.44. The summed E-state index contributed by atoms with van der Waals surface area (Å²) in [5.41, 5.74) is 0. The zero-order valence-corrected chi connectivity index (χ0v) is 13.2. The molecule has 5 heteroatoms. The fourth-order valence-corrected chi connectivity index (χ4v) is 2.97. The van der Waals surface area contributed by atoms with Crippen LogP contribution >= 0.6 is 11.6 Å². The van der Waals surface area contributed by atoms with Gasteiger partial charge in [-0.15, -0.1) is 0 Å². The van der Waals surface area contributed by atoms with E-state index in [4.69, 9.17) is 16.3 Å². The molecule has 3 atom stereocenters. The van der Waals surface area contributed by atoms with Crippen molar-refractivity contribution >= 4 is 17.5 Å². The molecule has 0 aliphatic carbocycles. The summed E-state index contributed by atoms with van der Waals surface area (Å²) in [6.45, 7) is 4.24. The second kappa shape index (κ2) is 7.14. The van der Waals surface area contributed by atoms with Crippen LogP contribution in [0.5, 0.6) is 5.75 Å². The number of hydrogen-bond donors (Lipinski definition) is 1. The summed E-state index contributed by atoms with van der Waals surface area (Å²) in [6.07, 6.45) is 1.59. The number of aliphatic hydroxyl groups excluding tert-OH is 1. The molecule has 1 heterocycles. The molecule has 3 unspecified atom stereocenters. The predicted octanol–water partition coefficient (Wildman–Crippen LogP) is 2.87. The third-order valence-corrected chi connectivity index (χ3v) is 3.97. The molecule has 1 saturated heterocycles. The van der Waals surface area contributed by atoms with E-state index >= 15 is 0 Å². The van der Waals surface area contributed by atoms with Gasteiger partial charge in [-0.05, 0) is 51.3 Å². The van der Waals surface area contributed by atoms with Crippen molar-refractivity contribution in [1.82, 2.24) is 4.90 Å². The second-order valence-corrected chi connectivity index (χ2v) is 6.07. The van der Waals surface area contributed by atoms with Crippen molar-refractivity contribution in [3.8, 4) is 5.75 Å². The first-order valence-corrected chi connectivity index (χ1v) is 7.76. The van der Waals surface area contributed by atoms with Crippen LogP contribution in [0.1, 0.15) is 33.1 Å². The standard InChI is InChI=1S/C16H22ClNO3/c1-11(19)9-14-6-4-8-18(14)16(20)12(2)21-15-7-3-5-13(17)10-15/h3,5,7,10-12,14,19H,4,6,8-9H2,1-2H3. The molecule has 1 aliphatic rings. The predicted molar refractivity (Wildman–Crippen MR) is 82.6 cm³/mol. The van der Waals surface area contributed by atoms with Crippen LogP contribution in [0.2, 0.25) is 5.02 Å². The number of carbonyl (C=O) groups excluding carboxylic acids is 1. The molecular weight excluding hydrogens is 290 g/mol. The molecule has 0 aromatic heterocycles. The summed E-state index contributed by atoms with van der Waals surface area (Å²) in [6, 6.07) is 7.15. The number of aliphatic hydroxyl groups is 1. The van der Waals surface area contributed by atoms with Gasteiger partial charge in [-0.3, -0.25) is 4.79 Å². The van der Waals surface area contributed by atoms with Gasteiger partial charge in [0.25, 0.3) is 5.91 Å². The highest BCUT2D eigenvalue weighted by Crippen LogP contribution is 2.24. The quantitative estimate of drug-likeness (QED) is 0.909. The number of nitrogens with zero attached hydrogens (tertiary/aromatic N) is 1. The van der Waals surface area contributed by atoms with E-state index in [2.05, 4.69) is 0 Å². The SMILES string of the molecule is CC(O)CC1CCCN1C(=O)C(C)Oc1cccc(Cl)c1. The normalized spacial score (nSPS) is 21.1. The second-order valence-electron chi connectivity index (χ2n) is 5.63. The van der Waals surface area contributed by atoms with Gasteiger partial charge >= 0.3 is 0 Å². The first-order chi connectivity index (χ1) is 9.97. The zero-order valence-electron chi connectivity index (χ0n) is 12.5. The summed E-state index contributed by atoms with van der Waals surface area (Å²) in [7, 11) is 0. The Morgan fingerprint density at radius 2 is 2.29 bits per heavy atom. The largest absolute Gasteiger partial charge is 0.481 e. The molecular formula is C16H22ClNO3. The van der Waals surface area contributed by atoms with Crippen molar-refractivity contribution in [1.29, 1.82) is 0 Å². The Bertz CT molecular complexity index is 492. The van der Waals surface area contributed by atoms with Crippen LogP contribution in [0.4, 0.5) is 0 Å². The van der Waals surface area contributed by atoms with Gasteiger partial charge in [0.15, 0.2) is 6.10 Å². The van der Waals surface area contributed by atoms with E-state index in [0.717, 1.165) is 19.4 Å². The van der Waals surface area contributed by atoms with Gasteiger partial charge in [-0.1, -0.05) is 17.7 Å². The molecule has 1 aliphatic heterocycles. The van der Waals surface area contributed by atoms with Crippen molar-refractivity contribution in [2.24, 2.45) is 0 Å². The zero-order chi connectivity index (χ0) is 15.4. The minimum atomic E-state index is -0.557. The highest BCUT2D eigenvalue weighted by Gasteiger charge is 2.32. The lowest BCUT2D eigenvalue weighted by molar-refractivity contribution is -0.139. The summed E-state index contributed by atoms with van der Waals surface area (Å²) >= 11 is 5.91. The van der Waals surface area contributed by atoms with Crippen LogP contribution in [-0.4, -0.2) is 40.7 Å². The average Bonchev–Trinajstić information content (AvgIpc) is 2.85. The first-order valence-electron chi connectivity index (χ1n) is 7.38. The first kappa shape index (κ1) is 16.1. The molecule has 0 spiro atoms. The lowest BCUT2D eigenvalue weighted by atomic mass is 10.1. The van der Waals surface area contributed by atoms with Crippen molar-refractivity contribution in [3.05, 3.63) is 29.3 Å². The molecule has 0 bridgehead atoms. The van der Waals surface area contributed by atoms with Crippen LogP contribution < -0.4 is 4.74 Å². The number of carbonyl (C=O) groups is 1. The van der Waals surface area contributed by atoms with Crippen LogP contribution in [-0.2, 0) is 4.79 Å². The molecule has 21 heavy (non-hydrogen) atoms. The Labute approximate surface area is 130 Å². The molecule has 1 amide bonds. The third-order valence-electron chi connectivity index (χ3n) is 3.73. The molecule has 116 valence electrons. The van der Waals surface area contributed by atoms with E-state index in [0.29, 0.717) is 17.2 Å². The van der Waals surface area contributed by atoms with Crippen LogP contribution in [0.25, 0.3) is 0 Å². The summed E-state index contributed by atoms with van der Waals surface area (Å²) in [5, 5.41) is 10.1. The van der Waals surface area contributed by atoms with Gasteiger partial charge in [0.05, 0.1) is 6.10 Å². The number of hydrogen-bond acceptors (Lipinski definition) is 3. The van der Waals surface area contributed by atoms with E-state index in [1.165, 1.54) is 0 Å². The van der Waals surface area contributed by atoms with Crippen LogP contribution in [0.3, 0.4) is 0 Å². The van der Waals surface area contributed by atoms with Gasteiger partial charge in [-0.2, -0.15) is 0 Å². The fraction of sp³-hybridized carbons (Fsp3) is 0.562. The van der Waals surface area contributed by atoms with Crippen molar-refractivity contribution in [3.63, 3.8) is 0 Å². The number of likely N-dealkylation sites (tertiary alicyclic amines) is 1. The Kier molecular flexibility index (Phi) is 5.48. The maximum absolute atomic E-state index is 12.5. The summed E-state index contributed by atoms with van der Waals surface area (Å²) in [4.78, 5) is 14.3. The number of ether oxygens (including phenoxy) is 1. The highest BCUT2D eigenvalue weighted by molar-refractivity contribution is 6.30. The van der Waals surface area contributed by atoms with Gasteiger partial charge in [0.2, 0.25) is 0 Å². The Morgan fingerprint density at radius 1 is 1.52 bits per heavy atom. The van der Waals surface area contributed by atoms with Gasteiger partial charge in [0.1, 0.15) is 5.75 Å². The molecule has 4 nitrogen and oxygen atoms in total. The average molecular weight is 312 g/mol. The van der Waals surface area contributed by atoms with E-state index < -0.39 is 12.2 Å². The minimum absolute atomic E-state index is 0.0295. The molecule has 0 saturated carbocycles. The topological polar surface area (TPSA) is 49.8 Å². The fourth-order valence-electron chi connectivity index (χ4n) is 2.79. The number of amides is 1. The molecule has 1 aromatic rings. The molecule has 0 radical (unpaired) electrons. The van der Waals surface area contributed by atoms with Crippen molar-refractivity contribution in [2.45, 2.75) is 51.4 Å². The van der Waals surface area contributed by atoms with E-state index in [1.807, 2.05) is 4.90 Å². The van der Waals surface area contributed by atoms with Crippen molar-refractivity contribution < 1.29 is 14.6 Å². The number of halogens is 1. The smallest absolute Gasteiger partial charge is 0.263 e. The summed E-state index contributed by atoms with van der Waals surface area (Å²) in [5.74, 6) is 0.563. The molecule has 2 rings (SSSR count). The minimum Gasteiger partial charge on any atom is -0.481 e. The van der Waals surface area contributed by atoms with E-state index in [1.54, 1.807) is 38.1 Å². The van der Waals surface area contributed by atoms with Crippen LogP contribution in [0, 0.1) is 0 Å². The monoisotopic (exact) mass is 311 g/mol. The number of benzene rings is 1. The van der Waals surface area contributed by atoms with E-state index in [-0.39, 0.29) is 11.9 Å². The van der Waals surface area contributed by atoms with Gasteiger partial charge < -0.3 is 14.7 Å². The van der Waals surface area contributed by atoms with Gasteiger partial charge in [-0.25, -0.2) is 0 Å². The molecule has 1 fully saturated rings. The van der Waals surface area contributed by atoms with E-state index in [9.17, 15) is 9.90 Å². The Balaban J connectivity index is 1.98. The van der Waals surface area contributed by atoms with Crippen LogP contribution in [0.15, 0.2) is 24.3 Å². The number of rotatable bonds is 5. The molecule has 1 aromatic carbocycles. The maximum atomic E-state index is 12.5. The van der Waals surface area contributed by atoms with Gasteiger partial charge in [0, 0.05) is 17.6 Å². The Morgan fingerprint density at radius 3 is 2.95 bits per heavy atom. The van der Waals surface area contributed by atoms with Crippen molar-refractivity contribution in [2.75, 3.05) is 6.54 Å². The maximum Gasteiger partial charge on any atom is 0.263 e. The molecule has 1 N–H and O–H groups in total. The Hall–Kier alpha value is -1.26. The summed E-state index contributed by atoms with van der Waals surface area (Å²) < 4.78 is 5.68. The third kappa shape index (κ3) is 4.35.